The molecule has 1 saturated carbocycles. The van der Waals surface area contributed by atoms with E-state index in [9.17, 15) is 22.8 Å². The maximum absolute atomic E-state index is 13.2. The number of hydrogen-bond acceptors (Lipinski definition) is 3. The van der Waals surface area contributed by atoms with Crippen LogP contribution in [0.5, 0.6) is 0 Å². The number of rotatable bonds is 7. The Hall–Kier alpha value is -2.09. The first-order valence-electron chi connectivity index (χ1n) is 8.59. The number of nitrogens with one attached hydrogen (secondary N) is 1. The largest absolute Gasteiger partial charge is 0.416 e. The van der Waals surface area contributed by atoms with Crippen LogP contribution in [-0.4, -0.2) is 35.3 Å². The van der Waals surface area contributed by atoms with E-state index in [2.05, 4.69) is 5.32 Å². The first-order chi connectivity index (χ1) is 12.1. The van der Waals surface area contributed by atoms with E-state index in [0.29, 0.717) is 0 Å². The van der Waals surface area contributed by atoms with E-state index in [-0.39, 0.29) is 30.6 Å². The Morgan fingerprint density at radius 2 is 1.88 bits per heavy atom. The third kappa shape index (κ3) is 5.20. The lowest BCUT2D eigenvalue weighted by atomic mass is 10.1. The van der Waals surface area contributed by atoms with Crippen molar-refractivity contribution in [2.24, 2.45) is 11.7 Å². The molecule has 0 saturated heterocycles. The van der Waals surface area contributed by atoms with Gasteiger partial charge in [-0.2, -0.15) is 13.2 Å². The van der Waals surface area contributed by atoms with Gasteiger partial charge in [0.2, 0.25) is 11.8 Å². The van der Waals surface area contributed by atoms with Gasteiger partial charge in [0.15, 0.2) is 0 Å². The van der Waals surface area contributed by atoms with Gasteiger partial charge in [-0.25, -0.2) is 0 Å². The summed E-state index contributed by atoms with van der Waals surface area (Å²) in [5.41, 5.74) is 5.02. The zero-order valence-electron chi connectivity index (χ0n) is 14.8. The van der Waals surface area contributed by atoms with Crippen molar-refractivity contribution in [1.82, 2.24) is 10.2 Å². The number of halogens is 3. The second-order valence-corrected chi connectivity index (χ2v) is 6.90. The minimum Gasteiger partial charge on any atom is -0.346 e. The highest BCUT2D eigenvalue weighted by molar-refractivity contribution is 5.87. The van der Waals surface area contributed by atoms with Crippen molar-refractivity contribution in [3.8, 4) is 0 Å². The van der Waals surface area contributed by atoms with Crippen molar-refractivity contribution < 1.29 is 22.8 Å². The smallest absolute Gasteiger partial charge is 0.346 e. The number of amides is 2. The molecule has 0 heterocycles. The number of alkyl halides is 3. The van der Waals surface area contributed by atoms with Crippen LogP contribution in [0.3, 0.4) is 0 Å². The van der Waals surface area contributed by atoms with Crippen LogP contribution < -0.4 is 11.1 Å². The van der Waals surface area contributed by atoms with Crippen molar-refractivity contribution in [1.29, 1.82) is 0 Å². The number of nitrogens with two attached hydrogens (primary N) is 1. The summed E-state index contributed by atoms with van der Waals surface area (Å²) in [6.07, 6.45) is -2.98. The first kappa shape index (κ1) is 20.2. The van der Waals surface area contributed by atoms with Gasteiger partial charge in [-0.1, -0.05) is 32.0 Å². The average molecular weight is 371 g/mol. The minimum atomic E-state index is -4.48. The highest BCUT2D eigenvalue weighted by Crippen LogP contribution is 2.34. The van der Waals surface area contributed by atoms with Crippen molar-refractivity contribution in [3.05, 3.63) is 35.4 Å². The second kappa shape index (κ2) is 8.07. The molecule has 1 aromatic rings. The fraction of sp³-hybridized carbons (Fsp3) is 0.556. The molecule has 1 aliphatic carbocycles. The summed E-state index contributed by atoms with van der Waals surface area (Å²) in [6.45, 7) is 3.17. The molecule has 0 spiro atoms. The van der Waals surface area contributed by atoms with E-state index in [1.165, 1.54) is 23.1 Å². The lowest BCUT2D eigenvalue weighted by Crippen LogP contribution is -2.48. The molecular formula is C18H24F3N3O2. The van der Waals surface area contributed by atoms with Crippen LogP contribution in [0.2, 0.25) is 0 Å². The summed E-state index contributed by atoms with van der Waals surface area (Å²) in [7, 11) is 0. The van der Waals surface area contributed by atoms with Crippen LogP contribution >= 0.6 is 0 Å². The normalized spacial score (nSPS) is 15.7. The molecule has 0 bridgehead atoms. The zero-order chi connectivity index (χ0) is 19.5. The van der Waals surface area contributed by atoms with E-state index in [1.54, 1.807) is 13.8 Å². The third-order valence-electron chi connectivity index (χ3n) is 4.41. The first-order valence-corrected chi connectivity index (χ1v) is 8.59. The minimum absolute atomic E-state index is 0.0467. The van der Waals surface area contributed by atoms with Crippen LogP contribution in [0, 0.1) is 5.92 Å². The Kier molecular flexibility index (Phi) is 6.28. The molecule has 0 aromatic heterocycles. The molecule has 0 unspecified atom stereocenters. The number of benzene rings is 1. The zero-order valence-corrected chi connectivity index (χ0v) is 14.8. The van der Waals surface area contributed by atoms with Crippen molar-refractivity contribution in [2.45, 2.75) is 51.5 Å². The molecule has 144 valence electrons. The van der Waals surface area contributed by atoms with Gasteiger partial charge in [-0.05, 0) is 30.4 Å². The van der Waals surface area contributed by atoms with Gasteiger partial charge in [-0.3, -0.25) is 9.59 Å². The predicted molar refractivity (Wildman–Crippen MR) is 90.8 cm³/mol. The predicted octanol–water partition coefficient (Wildman–Crippen LogP) is 2.30. The summed E-state index contributed by atoms with van der Waals surface area (Å²) in [5.74, 6) is -0.933. The summed E-state index contributed by atoms with van der Waals surface area (Å²) in [4.78, 5) is 25.8. The van der Waals surface area contributed by atoms with E-state index in [0.717, 1.165) is 18.9 Å². The molecule has 1 aromatic carbocycles. The molecule has 8 heteroatoms. The molecular weight excluding hydrogens is 347 g/mol. The number of nitrogens with zero attached hydrogens (tertiary/aromatic N) is 1. The fourth-order valence-corrected chi connectivity index (χ4v) is 2.61. The number of carbonyl (C=O) groups excluding carboxylic acids is 2. The summed E-state index contributed by atoms with van der Waals surface area (Å²) in [6, 6.07) is 4.40. The van der Waals surface area contributed by atoms with Gasteiger partial charge < -0.3 is 16.0 Å². The van der Waals surface area contributed by atoms with E-state index in [4.69, 9.17) is 5.73 Å². The Bertz CT molecular complexity index is 657. The van der Waals surface area contributed by atoms with E-state index < -0.39 is 29.6 Å². The van der Waals surface area contributed by atoms with Gasteiger partial charge >= 0.3 is 6.18 Å². The second-order valence-electron chi connectivity index (χ2n) is 6.90. The highest BCUT2D eigenvalue weighted by Gasteiger charge is 2.37. The van der Waals surface area contributed by atoms with Crippen molar-refractivity contribution >= 4 is 11.8 Å². The van der Waals surface area contributed by atoms with Crippen LogP contribution in [0.25, 0.3) is 0 Å². The maximum atomic E-state index is 13.2. The van der Waals surface area contributed by atoms with Gasteiger partial charge in [0.25, 0.3) is 0 Å². The summed E-state index contributed by atoms with van der Waals surface area (Å²) >= 11 is 0. The van der Waals surface area contributed by atoms with E-state index in [1.807, 2.05) is 0 Å². The average Bonchev–Trinajstić information content (AvgIpc) is 3.40. The molecule has 1 fully saturated rings. The lowest BCUT2D eigenvalue weighted by Gasteiger charge is -2.25. The Balaban J connectivity index is 2.06. The molecule has 26 heavy (non-hydrogen) atoms. The summed E-state index contributed by atoms with van der Waals surface area (Å²) in [5, 5.41) is 2.48. The molecule has 1 atom stereocenters. The molecule has 5 nitrogen and oxygen atoms in total. The number of carbonyl (C=O) groups is 2. The highest BCUT2D eigenvalue weighted by atomic mass is 19.4. The standard InChI is InChI=1S/C18H24F3N3O2/c1-11(2)16(22)17(26)23-9-15(25)24(13-7-8-13)10-12-5-3-4-6-14(12)18(19,20)21/h3-6,11,13,16H,7-10,22H2,1-2H3,(H,23,26)/t16-/m0/s1. The van der Waals surface area contributed by atoms with Gasteiger partial charge in [0.05, 0.1) is 18.2 Å². The molecule has 2 rings (SSSR count). The van der Waals surface area contributed by atoms with Gasteiger partial charge in [0.1, 0.15) is 0 Å². The quantitative estimate of drug-likeness (QED) is 0.772. The molecule has 3 N–H and O–H groups in total. The monoisotopic (exact) mass is 371 g/mol. The molecule has 2 amide bonds. The van der Waals surface area contributed by atoms with Crippen LogP contribution in [0.15, 0.2) is 24.3 Å². The summed E-state index contributed by atoms with van der Waals surface area (Å²) < 4.78 is 39.5. The van der Waals surface area contributed by atoms with E-state index >= 15 is 0 Å². The van der Waals surface area contributed by atoms with Crippen molar-refractivity contribution in [2.75, 3.05) is 6.54 Å². The van der Waals surface area contributed by atoms with Crippen molar-refractivity contribution in [3.63, 3.8) is 0 Å². The fourth-order valence-electron chi connectivity index (χ4n) is 2.61. The third-order valence-corrected chi connectivity index (χ3v) is 4.41. The lowest BCUT2D eigenvalue weighted by molar-refractivity contribution is -0.140. The number of hydrogen-bond donors (Lipinski definition) is 2. The molecule has 0 aliphatic heterocycles. The molecule has 1 aliphatic rings. The molecule has 0 radical (unpaired) electrons. The Labute approximate surface area is 150 Å². The Morgan fingerprint density at radius 1 is 1.27 bits per heavy atom. The SMILES string of the molecule is CC(C)[C@H](N)C(=O)NCC(=O)N(Cc1ccccc1C(F)(F)F)C1CC1. The maximum Gasteiger partial charge on any atom is 0.416 e. The van der Waals surface area contributed by atoms with Crippen LogP contribution in [-0.2, 0) is 22.3 Å². The van der Waals surface area contributed by atoms with Crippen LogP contribution in [0.1, 0.15) is 37.8 Å². The van der Waals surface area contributed by atoms with Gasteiger partial charge in [0, 0.05) is 12.6 Å². The van der Waals surface area contributed by atoms with Crippen LogP contribution in [0.4, 0.5) is 13.2 Å². The Morgan fingerprint density at radius 3 is 2.42 bits per heavy atom. The topological polar surface area (TPSA) is 75.4 Å². The van der Waals surface area contributed by atoms with Gasteiger partial charge in [-0.15, -0.1) is 0 Å².